The number of nitrogens with zero attached hydrogens (tertiary/aromatic N) is 4. The molecule has 0 atom stereocenters. The van der Waals surface area contributed by atoms with Gasteiger partial charge in [-0.1, -0.05) is 18.2 Å². The van der Waals surface area contributed by atoms with Crippen LogP contribution in [-0.2, 0) is 13.1 Å². The maximum atomic E-state index is 5.82. The van der Waals surface area contributed by atoms with Crippen molar-refractivity contribution >= 4 is 28.6 Å². The minimum Gasteiger partial charge on any atom is -0.368 e. The van der Waals surface area contributed by atoms with Gasteiger partial charge in [-0.2, -0.15) is 9.97 Å². The van der Waals surface area contributed by atoms with Crippen molar-refractivity contribution in [2.45, 2.75) is 13.1 Å². The van der Waals surface area contributed by atoms with Gasteiger partial charge in [0, 0.05) is 25.0 Å². The topological polar surface area (TPSA) is 117 Å². The molecular formula is C18H18N8. The fraction of sp³-hybridized carbons (Fsp3) is 0.111. The first-order valence-electron chi connectivity index (χ1n) is 8.21. The number of pyridine rings is 1. The average molecular weight is 346 g/mol. The molecule has 8 heteroatoms. The first-order valence-corrected chi connectivity index (χ1v) is 8.21. The van der Waals surface area contributed by atoms with Crippen LogP contribution in [0.25, 0.3) is 11.0 Å². The van der Waals surface area contributed by atoms with Gasteiger partial charge in [0.1, 0.15) is 17.5 Å². The minimum atomic E-state index is 0.202. The third-order valence-electron chi connectivity index (χ3n) is 3.82. The number of fused-ring (bicyclic) bond motifs is 1. The van der Waals surface area contributed by atoms with Crippen molar-refractivity contribution in [2.24, 2.45) is 0 Å². The number of benzene rings is 1. The van der Waals surface area contributed by atoms with Crippen LogP contribution in [0.4, 0.5) is 17.6 Å². The van der Waals surface area contributed by atoms with Gasteiger partial charge in [0.25, 0.3) is 0 Å². The Morgan fingerprint density at radius 3 is 2.50 bits per heavy atom. The van der Waals surface area contributed by atoms with Crippen LogP contribution in [-0.4, -0.2) is 24.9 Å². The van der Waals surface area contributed by atoms with E-state index in [-0.39, 0.29) is 5.95 Å². The average Bonchev–Trinajstić information content (AvgIpc) is 3.08. The van der Waals surface area contributed by atoms with Gasteiger partial charge in [-0.15, -0.1) is 0 Å². The minimum absolute atomic E-state index is 0.202. The Bertz CT molecular complexity index is 979. The number of nitrogens with two attached hydrogens (primary N) is 1. The number of H-pyrrole nitrogens is 1. The molecule has 3 heterocycles. The first kappa shape index (κ1) is 15.8. The molecule has 1 aromatic carbocycles. The van der Waals surface area contributed by atoms with Crippen LogP contribution < -0.4 is 16.4 Å². The molecule has 0 saturated carbocycles. The van der Waals surface area contributed by atoms with Gasteiger partial charge in [0.2, 0.25) is 5.95 Å². The molecule has 130 valence electrons. The summed E-state index contributed by atoms with van der Waals surface area (Å²) in [5, 5.41) is 6.45. The van der Waals surface area contributed by atoms with Crippen LogP contribution in [0.3, 0.4) is 0 Å². The third kappa shape index (κ3) is 3.69. The van der Waals surface area contributed by atoms with Crippen molar-refractivity contribution in [3.05, 3.63) is 66.2 Å². The second-order valence-electron chi connectivity index (χ2n) is 5.77. The Balaban J connectivity index is 1.43. The molecule has 0 spiro atoms. The van der Waals surface area contributed by atoms with E-state index in [0.29, 0.717) is 24.7 Å². The summed E-state index contributed by atoms with van der Waals surface area (Å²) in [6.07, 6.45) is 3.55. The normalized spacial score (nSPS) is 10.8. The number of hydrogen-bond acceptors (Lipinski definition) is 7. The smallest absolute Gasteiger partial charge is 0.223 e. The molecule has 26 heavy (non-hydrogen) atoms. The first-order chi connectivity index (χ1) is 12.8. The van der Waals surface area contributed by atoms with Crippen molar-refractivity contribution in [1.82, 2.24) is 24.9 Å². The number of rotatable bonds is 6. The standard InChI is InChI=1S/C18H18N8/c19-18-25-15(21-10-12-4-3-7-20-9-12)8-16(26-18)22-11-17-23-13-5-1-2-6-14(13)24-17/h1-9H,10-11H2,(H,23,24)(H4,19,21,22,25,26). The number of imidazole rings is 1. The number of nitrogen functional groups attached to an aromatic ring is 1. The summed E-state index contributed by atoms with van der Waals surface area (Å²) in [5.74, 6) is 2.31. The predicted molar refractivity (Wildman–Crippen MR) is 101 cm³/mol. The van der Waals surface area contributed by atoms with Crippen molar-refractivity contribution < 1.29 is 0 Å². The van der Waals surface area contributed by atoms with Crippen molar-refractivity contribution in [1.29, 1.82) is 0 Å². The fourth-order valence-corrected chi connectivity index (χ4v) is 2.61. The summed E-state index contributed by atoms with van der Waals surface area (Å²) in [6.45, 7) is 1.11. The quantitative estimate of drug-likeness (QED) is 0.424. The number of anilines is 3. The lowest BCUT2D eigenvalue weighted by molar-refractivity contribution is 0.990. The lowest BCUT2D eigenvalue weighted by Gasteiger charge is -2.09. The second-order valence-corrected chi connectivity index (χ2v) is 5.77. The summed E-state index contributed by atoms with van der Waals surface area (Å²) in [6, 6.07) is 13.6. The zero-order valence-electron chi connectivity index (χ0n) is 14.0. The predicted octanol–water partition coefficient (Wildman–Crippen LogP) is 2.55. The molecule has 0 aliphatic carbocycles. The molecule has 0 unspecified atom stereocenters. The molecule has 0 amide bonds. The van der Waals surface area contributed by atoms with Crippen molar-refractivity contribution in [2.75, 3.05) is 16.4 Å². The molecule has 0 aliphatic rings. The molecule has 0 aliphatic heterocycles. The van der Waals surface area contributed by atoms with E-state index in [1.165, 1.54) is 0 Å². The maximum absolute atomic E-state index is 5.82. The lowest BCUT2D eigenvalue weighted by Crippen LogP contribution is -2.08. The summed E-state index contributed by atoms with van der Waals surface area (Å²) >= 11 is 0. The molecule has 5 N–H and O–H groups in total. The van der Waals surface area contributed by atoms with Gasteiger partial charge in [-0.05, 0) is 23.8 Å². The summed E-state index contributed by atoms with van der Waals surface area (Å²) < 4.78 is 0. The highest BCUT2D eigenvalue weighted by molar-refractivity contribution is 5.74. The van der Waals surface area contributed by atoms with Gasteiger partial charge < -0.3 is 21.4 Å². The van der Waals surface area contributed by atoms with E-state index in [1.54, 1.807) is 12.4 Å². The summed E-state index contributed by atoms with van der Waals surface area (Å²) in [5.41, 5.74) is 8.82. The Morgan fingerprint density at radius 2 is 1.73 bits per heavy atom. The van der Waals surface area contributed by atoms with Crippen LogP contribution in [0.2, 0.25) is 0 Å². The van der Waals surface area contributed by atoms with E-state index >= 15 is 0 Å². The number of aromatic amines is 1. The van der Waals surface area contributed by atoms with E-state index in [0.717, 1.165) is 22.4 Å². The molecule has 4 rings (SSSR count). The number of aromatic nitrogens is 5. The zero-order chi connectivity index (χ0) is 17.8. The molecule has 0 fully saturated rings. The highest BCUT2D eigenvalue weighted by Gasteiger charge is 2.05. The van der Waals surface area contributed by atoms with E-state index in [9.17, 15) is 0 Å². The van der Waals surface area contributed by atoms with Crippen LogP contribution >= 0.6 is 0 Å². The SMILES string of the molecule is Nc1nc(NCc2cccnc2)cc(NCc2nc3ccccc3[nH]2)n1. The van der Waals surface area contributed by atoms with Crippen LogP contribution in [0.15, 0.2) is 54.9 Å². The van der Waals surface area contributed by atoms with Crippen LogP contribution in [0.1, 0.15) is 11.4 Å². The zero-order valence-corrected chi connectivity index (χ0v) is 14.0. The Kier molecular flexibility index (Phi) is 4.29. The van der Waals surface area contributed by atoms with Crippen molar-refractivity contribution in [3.8, 4) is 0 Å². The van der Waals surface area contributed by atoms with Gasteiger partial charge in [-0.25, -0.2) is 4.98 Å². The van der Waals surface area contributed by atoms with Crippen molar-refractivity contribution in [3.63, 3.8) is 0 Å². The van der Waals surface area contributed by atoms with Crippen LogP contribution in [0, 0.1) is 0 Å². The van der Waals surface area contributed by atoms with E-state index < -0.39 is 0 Å². The maximum Gasteiger partial charge on any atom is 0.223 e. The van der Waals surface area contributed by atoms with Gasteiger partial charge in [-0.3, -0.25) is 4.98 Å². The monoisotopic (exact) mass is 346 g/mol. The molecule has 4 aromatic rings. The summed E-state index contributed by atoms with van der Waals surface area (Å²) in [7, 11) is 0. The molecule has 3 aromatic heterocycles. The highest BCUT2D eigenvalue weighted by atomic mass is 15.1. The number of hydrogen-bond donors (Lipinski definition) is 4. The van der Waals surface area contributed by atoms with E-state index in [1.807, 2.05) is 42.5 Å². The molecular weight excluding hydrogens is 328 g/mol. The Morgan fingerprint density at radius 1 is 0.923 bits per heavy atom. The third-order valence-corrected chi connectivity index (χ3v) is 3.82. The van der Waals surface area contributed by atoms with Gasteiger partial charge in [0.15, 0.2) is 0 Å². The number of para-hydroxylation sites is 2. The van der Waals surface area contributed by atoms with Gasteiger partial charge in [0.05, 0.1) is 17.6 Å². The lowest BCUT2D eigenvalue weighted by atomic mass is 10.3. The molecule has 0 saturated heterocycles. The van der Waals surface area contributed by atoms with E-state index in [4.69, 9.17) is 5.73 Å². The Hall–Kier alpha value is -3.68. The largest absolute Gasteiger partial charge is 0.368 e. The van der Waals surface area contributed by atoms with E-state index in [2.05, 4.69) is 35.6 Å². The van der Waals surface area contributed by atoms with Gasteiger partial charge >= 0.3 is 0 Å². The second kappa shape index (κ2) is 7.06. The van der Waals surface area contributed by atoms with Crippen LogP contribution in [0.5, 0.6) is 0 Å². The fourth-order valence-electron chi connectivity index (χ4n) is 2.61. The Labute approximate surface area is 149 Å². The molecule has 0 bridgehead atoms. The summed E-state index contributed by atoms with van der Waals surface area (Å²) in [4.78, 5) is 20.3. The molecule has 0 radical (unpaired) electrons. The molecule has 8 nitrogen and oxygen atoms in total. The highest BCUT2D eigenvalue weighted by Crippen LogP contribution is 2.15. The number of nitrogens with one attached hydrogen (secondary N) is 3.